The smallest absolute Gasteiger partial charge is 0.330 e. The molecule has 0 aromatic heterocycles. The van der Waals surface area contributed by atoms with Gasteiger partial charge in [-0.3, -0.25) is 0 Å². The Morgan fingerprint density at radius 3 is 2.00 bits per heavy atom. The molecule has 0 aromatic carbocycles. The number of halogens is 2. The van der Waals surface area contributed by atoms with Gasteiger partial charge in [0.2, 0.25) is 0 Å². The minimum atomic E-state index is -0.317. The number of esters is 1. The molecular formula is C15H28Cl2O2Si. The van der Waals surface area contributed by atoms with E-state index in [4.69, 9.17) is 27.9 Å². The lowest BCUT2D eigenvalue weighted by Crippen LogP contribution is -2.01. The minimum Gasteiger partial charge on any atom is -0.463 e. The summed E-state index contributed by atoms with van der Waals surface area (Å²) >= 11 is 11.5. The standard InChI is InChI=1S/C15H28Cl2O2Si/c1-2-14(18)19-12-10-8-6-4-3-5-7-9-11-13-20-15(16)17/h2,15H,1,3-13,20H2. The second-order valence-electron chi connectivity index (χ2n) is 5.09. The lowest BCUT2D eigenvalue weighted by molar-refractivity contribution is -0.137. The van der Waals surface area contributed by atoms with Crippen molar-refractivity contribution in [3.63, 3.8) is 0 Å². The Labute approximate surface area is 136 Å². The summed E-state index contributed by atoms with van der Waals surface area (Å²) in [6, 6.07) is 1.28. The van der Waals surface area contributed by atoms with Crippen molar-refractivity contribution in [3.8, 4) is 0 Å². The molecule has 0 aromatic rings. The molecule has 0 amide bonds. The van der Waals surface area contributed by atoms with Gasteiger partial charge < -0.3 is 4.74 Å². The maximum absolute atomic E-state index is 10.8. The first-order chi connectivity index (χ1) is 9.66. The van der Waals surface area contributed by atoms with Crippen molar-refractivity contribution in [2.75, 3.05) is 6.61 Å². The van der Waals surface area contributed by atoms with E-state index in [0.717, 1.165) is 12.8 Å². The van der Waals surface area contributed by atoms with E-state index in [1.807, 2.05) is 0 Å². The largest absolute Gasteiger partial charge is 0.463 e. The third-order valence-corrected chi connectivity index (χ3v) is 5.88. The zero-order chi connectivity index (χ0) is 15.1. The summed E-state index contributed by atoms with van der Waals surface area (Å²) in [5, 5.41) is 0. The fourth-order valence-electron chi connectivity index (χ4n) is 2.05. The predicted octanol–water partition coefficient (Wildman–Crippen LogP) is 4.57. The second-order valence-corrected chi connectivity index (χ2v) is 9.50. The van der Waals surface area contributed by atoms with Crippen molar-refractivity contribution >= 4 is 38.7 Å². The summed E-state index contributed by atoms with van der Waals surface area (Å²) in [6.45, 7) is 3.88. The fraction of sp³-hybridized carbons (Fsp3) is 0.800. The van der Waals surface area contributed by atoms with Gasteiger partial charge in [-0.15, -0.1) is 23.2 Å². The van der Waals surface area contributed by atoms with Crippen LogP contribution in [0, 0.1) is 0 Å². The molecule has 0 atom stereocenters. The van der Waals surface area contributed by atoms with Gasteiger partial charge in [0.25, 0.3) is 0 Å². The summed E-state index contributed by atoms with van der Waals surface area (Å²) in [4.78, 5) is 10.8. The highest BCUT2D eigenvalue weighted by molar-refractivity contribution is 6.68. The van der Waals surface area contributed by atoms with Gasteiger partial charge in [0.05, 0.1) is 20.6 Å². The Balaban J connectivity index is 3.03. The van der Waals surface area contributed by atoms with Gasteiger partial charge in [0, 0.05) is 6.08 Å². The van der Waals surface area contributed by atoms with Gasteiger partial charge in [0.15, 0.2) is 0 Å². The molecule has 0 aliphatic carbocycles. The quantitative estimate of drug-likeness (QED) is 0.152. The molecule has 0 N–H and O–H groups in total. The molecule has 5 heteroatoms. The van der Waals surface area contributed by atoms with E-state index in [-0.39, 0.29) is 19.9 Å². The zero-order valence-electron chi connectivity index (χ0n) is 12.4. The third kappa shape index (κ3) is 16.1. The first-order valence-corrected chi connectivity index (χ1v) is 10.4. The van der Waals surface area contributed by atoms with E-state index in [1.165, 1.54) is 57.1 Å². The van der Waals surface area contributed by atoms with E-state index in [1.54, 1.807) is 0 Å². The van der Waals surface area contributed by atoms with E-state index in [2.05, 4.69) is 6.58 Å². The van der Waals surface area contributed by atoms with Crippen LogP contribution in [0.2, 0.25) is 6.04 Å². The van der Waals surface area contributed by atoms with Crippen LogP contribution in [0.4, 0.5) is 0 Å². The van der Waals surface area contributed by atoms with Crippen molar-refractivity contribution in [1.82, 2.24) is 0 Å². The highest BCUT2D eigenvalue weighted by atomic mass is 35.5. The maximum atomic E-state index is 10.8. The average Bonchev–Trinajstić information content (AvgIpc) is 2.43. The van der Waals surface area contributed by atoms with E-state index in [9.17, 15) is 4.79 Å². The summed E-state index contributed by atoms with van der Waals surface area (Å²) in [6.07, 6.45) is 12.4. The summed E-state index contributed by atoms with van der Waals surface area (Å²) in [5.74, 6) is -0.317. The Morgan fingerprint density at radius 2 is 1.50 bits per heavy atom. The summed E-state index contributed by atoms with van der Waals surface area (Å²) in [7, 11) is -0.229. The molecule has 0 heterocycles. The Morgan fingerprint density at radius 1 is 1.00 bits per heavy atom. The molecule has 118 valence electrons. The molecule has 0 aliphatic heterocycles. The van der Waals surface area contributed by atoms with Crippen LogP contribution >= 0.6 is 23.2 Å². The molecule has 0 saturated carbocycles. The van der Waals surface area contributed by atoms with Crippen LogP contribution in [-0.2, 0) is 9.53 Å². The monoisotopic (exact) mass is 338 g/mol. The molecule has 0 fully saturated rings. The Hall–Kier alpha value is 0.00688. The molecule has 2 nitrogen and oxygen atoms in total. The Bertz CT molecular complexity index is 248. The van der Waals surface area contributed by atoms with Crippen LogP contribution in [-0.4, -0.2) is 26.6 Å². The van der Waals surface area contributed by atoms with Crippen molar-refractivity contribution in [2.24, 2.45) is 0 Å². The molecule has 0 aliphatic rings. The minimum absolute atomic E-state index is 0.0549. The molecule has 0 bridgehead atoms. The maximum Gasteiger partial charge on any atom is 0.330 e. The van der Waals surface area contributed by atoms with Crippen LogP contribution in [0.15, 0.2) is 12.7 Å². The molecule has 0 saturated heterocycles. The highest BCUT2D eigenvalue weighted by Crippen LogP contribution is 2.12. The number of hydrogen-bond donors (Lipinski definition) is 0. The van der Waals surface area contributed by atoms with E-state index < -0.39 is 0 Å². The molecule has 0 spiro atoms. The number of unbranched alkanes of at least 4 members (excludes halogenated alkanes) is 8. The number of ether oxygens (including phenoxy) is 1. The van der Waals surface area contributed by atoms with Gasteiger partial charge in [-0.25, -0.2) is 4.79 Å². The van der Waals surface area contributed by atoms with Crippen LogP contribution in [0.5, 0.6) is 0 Å². The number of carbonyl (C=O) groups excluding carboxylic acids is 1. The SMILES string of the molecule is C=CC(=O)OCCCCCCCCCCC[SiH2]C(Cl)Cl. The normalized spacial score (nSPS) is 11.3. The number of rotatable bonds is 14. The molecular weight excluding hydrogens is 311 g/mol. The van der Waals surface area contributed by atoms with Crippen LogP contribution < -0.4 is 0 Å². The predicted molar refractivity (Wildman–Crippen MR) is 91.6 cm³/mol. The topological polar surface area (TPSA) is 26.3 Å². The van der Waals surface area contributed by atoms with Crippen molar-refractivity contribution < 1.29 is 9.53 Å². The van der Waals surface area contributed by atoms with Crippen molar-refractivity contribution in [2.45, 2.75) is 68.3 Å². The second kappa shape index (κ2) is 15.4. The van der Waals surface area contributed by atoms with E-state index in [0.29, 0.717) is 6.61 Å². The molecule has 0 rings (SSSR count). The van der Waals surface area contributed by atoms with Gasteiger partial charge in [-0.2, -0.15) is 0 Å². The third-order valence-electron chi connectivity index (χ3n) is 3.23. The summed E-state index contributed by atoms with van der Waals surface area (Å²) < 4.78 is 4.86. The van der Waals surface area contributed by atoms with Crippen LogP contribution in [0.1, 0.15) is 57.8 Å². The average molecular weight is 339 g/mol. The highest BCUT2D eigenvalue weighted by Gasteiger charge is 1.99. The fourth-order valence-corrected chi connectivity index (χ4v) is 3.92. The van der Waals surface area contributed by atoms with E-state index >= 15 is 0 Å². The van der Waals surface area contributed by atoms with Gasteiger partial charge in [-0.05, 0) is 6.42 Å². The van der Waals surface area contributed by atoms with Crippen molar-refractivity contribution in [3.05, 3.63) is 12.7 Å². The van der Waals surface area contributed by atoms with Crippen LogP contribution in [0.3, 0.4) is 0 Å². The molecule has 20 heavy (non-hydrogen) atoms. The van der Waals surface area contributed by atoms with Gasteiger partial charge >= 0.3 is 5.97 Å². The number of carbonyl (C=O) groups is 1. The lowest BCUT2D eigenvalue weighted by Gasteiger charge is -2.03. The number of alkyl halides is 2. The van der Waals surface area contributed by atoms with Gasteiger partial charge in [0.1, 0.15) is 0 Å². The Kier molecular flexibility index (Phi) is 15.4. The first-order valence-electron chi connectivity index (χ1n) is 7.74. The van der Waals surface area contributed by atoms with Gasteiger partial charge in [-0.1, -0.05) is 64.0 Å². The lowest BCUT2D eigenvalue weighted by atomic mass is 10.1. The zero-order valence-corrected chi connectivity index (χ0v) is 15.3. The van der Waals surface area contributed by atoms with Crippen LogP contribution in [0.25, 0.3) is 0 Å². The summed E-state index contributed by atoms with van der Waals surface area (Å²) in [5.41, 5.74) is 0. The molecule has 0 unspecified atom stereocenters. The van der Waals surface area contributed by atoms with Crippen molar-refractivity contribution in [1.29, 1.82) is 0 Å². The molecule has 0 radical (unpaired) electrons. The first kappa shape index (κ1) is 20.0. The number of hydrogen-bond acceptors (Lipinski definition) is 2.